The number of primary amides is 1. The standard InChI is InChI=1S/C9H7ClF2N2O2/c10-6-2-1-4(3-5(6)8(13)15)14-9(16)7(11)12/h1-3,7H,(H2,13,15)(H,14,16). The first-order chi connectivity index (χ1) is 7.41. The van der Waals surface area contributed by atoms with E-state index in [-0.39, 0.29) is 16.3 Å². The molecule has 0 atom stereocenters. The molecule has 2 amide bonds. The van der Waals surface area contributed by atoms with Crippen LogP contribution in [0.25, 0.3) is 0 Å². The summed E-state index contributed by atoms with van der Waals surface area (Å²) in [4.78, 5) is 21.5. The van der Waals surface area contributed by atoms with E-state index in [2.05, 4.69) is 0 Å². The van der Waals surface area contributed by atoms with Crippen molar-refractivity contribution in [3.05, 3.63) is 28.8 Å². The molecule has 0 aromatic heterocycles. The van der Waals surface area contributed by atoms with Gasteiger partial charge in [0.05, 0.1) is 10.6 Å². The number of carbonyl (C=O) groups excluding carboxylic acids is 2. The van der Waals surface area contributed by atoms with Crippen molar-refractivity contribution < 1.29 is 18.4 Å². The Kier molecular flexibility index (Phi) is 3.78. The van der Waals surface area contributed by atoms with Crippen LogP contribution in [0.5, 0.6) is 0 Å². The summed E-state index contributed by atoms with van der Waals surface area (Å²) in [5, 5.41) is 1.99. The first kappa shape index (κ1) is 12.4. The van der Waals surface area contributed by atoms with Crippen LogP contribution in [0, 0.1) is 0 Å². The molecule has 0 aliphatic rings. The topological polar surface area (TPSA) is 72.2 Å². The molecule has 0 spiro atoms. The predicted molar refractivity (Wildman–Crippen MR) is 54.6 cm³/mol. The van der Waals surface area contributed by atoms with Crippen LogP contribution < -0.4 is 11.1 Å². The van der Waals surface area contributed by atoms with Crippen LogP contribution in [0.2, 0.25) is 5.02 Å². The predicted octanol–water partition coefficient (Wildman–Crippen LogP) is 1.64. The second-order valence-electron chi connectivity index (χ2n) is 2.85. The summed E-state index contributed by atoms with van der Waals surface area (Å²) in [6.45, 7) is 0. The number of hydrogen-bond donors (Lipinski definition) is 2. The van der Waals surface area contributed by atoms with E-state index in [0.29, 0.717) is 0 Å². The quantitative estimate of drug-likeness (QED) is 0.854. The fourth-order valence-corrected chi connectivity index (χ4v) is 1.20. The summed E-state index contributed by atoms with van der Waals surface area (Å²) in [5.74, 6) is -2.27. The van der Waals surface area contributed by atoms with E-state index in [4.69, 9.17) is 17.3 Å². The normalized spacial score (nSPS) is 10.2. The summed E-state index contributed by atoms with van der Waals surface area (Å²) < 4.78 is 23.8. The lowest BCUT2D eigenvalue weighted by molar-refractivity contribution is -0.126. The number of rotatable bonds is 3. The zero-order chi connectivity index (χ0) is 12.3. The van der Waals surface area contributed by atoms with Gasteiger partial charge in [0.1, 0.15) is 0 Å². The molecule has 4 nitrogen and oxygen atoms in total. The van der Waals surface area contributed by atoms with Gasteiger partial charge >= 0.3 is 6.43 Å². The van der Waals surface area contributed by atoms with Crippen molar-refractivity contribution in [2.75, 3.05) is 5.32 Å². The first-order valence-corrected chi connectivity index (χ1v) is 4.48. The van der Waals surface area contributed by atoms with Crippen LogP contribution in [-0.4, -0.2) is 18.2 Å². The number of nitrogens with two attached hydrogens (primary N) is 1. The Labute approximate surface area is 94.4 Å². The Balaban J connectivity index is 2.95. The molecule has 0 saturated heterocycles. The molecule has 1 aromatic carbocycles. The number of halogens is 3. The SMILES string of the molecule is NC(=O)c1cc(NC(=O)C(F)F)ccc1Cl. The molecule has 7 heteroatoms. The smallest absolute Gasteiger partial charge is 0.315 e. The van der Waals surface area contributed by atoms with E-state index in [1.54, 1.807) is 0 Å². The van der Waals surface area contributed by atoms with E-state index in [0.717, 1.165) is 6.07 Å². The Hall–Kier alpha value is -1.69. The van der Waals surface area contributed by atoms with Crippen molar-refractivity contribution in [2.45, 2.75) is 6.43 Å². The molecule has 0 aliphatic heterocycles. The number of anilines is 1. The number of nitrogens with one attached hydrogen (secondary N) is 1. The second kappa shape index (κ2) is 4.89. The fourth-order valence-electron chi connectivity index (χ4n) is 0.989. The average Bonchev–Trinajstić information content (AvgIpc) is 2.20. The van der Waals surface area contributed by atoms with Crippen molar-refractivity contribution in [3.63, 3.8) is 0 Å². The van der Waals surface area contributed by atoms with Crippen LogP contribution in [0.3, 0.4) is 0 Å². The number of amides is 2. The number of hydrogen-bond acceptors (Lipinski definition) is 2. The summed E-state index contributed by atoms with van der Waals surface area (Å²) >= 11 is 5.63. The lowest BCUT2D eigenvalue weighted by Crippen LogP contribution is -2.20. The van der Waals surface area contributed by atoms with Gasteiger partial charge < -0.3 is 11.1 Å². The third kappa shape index (κ3) is 2.90. The van der Waals surface area contributed by atoms with Crippen LogP contribution in [-0.2, 0) is 4.79 Å². The highest BCUT2D eigenvalue weighted by molar-refractivity contribution is 6.33. The minimum Gasteiger partial charge on any atom is -0.366 e. The Morgan fingerprint density at radius 2 is 2.00 bits per heavy atom. The van der Waals surface area contributed by atoms with Gasteiger partial charge in [-0.05, 0) is 18.2 Å². The van der Waals surface area contributed by atoms with Gasteiger partial charge in [0, 0.05) is 5.69 Å². The third-order valence-electron chi connectivity index (χ3n) is 1.70. The first-order valence-electron chi connectivity index (χ1n) is 4.10. The van der Waals surface area contributed by atoms with E-state index in [1.165, 1.54) is 12.1 Å². The molecule has 16 heavy (non-hydrogen) atoms. The molecular weight excluding hydrogens is 242 g/mol. The van der Waals surface area contributed by atoms with Gasteiger partial charge in [0.15, 0.2) is 0 Å². The zero-order valence-corrected chi connectivity index (χ0v) is 8.59. The highest BCUT2D eigenvalue weighted by Crippen LogP contribution is 2.20. The number of benzene rings is 1. The molecule has 0 heterocycles. The molecule has 0 bridgehead atoms. The van der Waals surface area contributed by atoms with E-state index in [9.17, 15) is 18.4 Å². The van der Waals surface area contributed by atoms with Gasteiger partial charge in [-0.25, -0.2) is 0 Å². The van der Waals surface area contributed by atoms with Gasteiger partial charge in [-0.1, -0.05) is 11.6 Å². The molecular formula is C9H7ClF2N2O2. The van der Waals surface area contributed by atoms with Crippen molar-refractivity contribution in [1.29, 1.82) is 0 Å². The molecule has 86 valence electrons. The van der Waals surface area contributed by atoms with Gasteiger partial charge in [-0.15, -0.1) is 0 Å². The van der Waals surface area contributed by atoms with E-state index >= 15 is 0 Å². The minimum absolute atomic E-state index is 0.0310. The molecule has 1 aromatic rings. The Bertz CT molecular complexity index is 438. The van der Waals surface area contributed by atoms with Crippen molar-refractivity contribution in [3.8, 4) is 0 Å². The molecule has 0 fully saturated rings. The van der Waals surface area contributed by atoms with Crippen molar-refractivity contribution in [2.24, 2.45) is 5.73 Å². The molecule has 0 unspecified atom stereocenters. The van der Waals surface area contributed by atoms with Gasteiger partial charge in [-0.3, -0.25) is 9.59 Å². The molecule has 0 radical (unpaired) electrons. The maximum atomic E-state index is 11.9. The highest BCUT2D eigenvalue weighted by atomic mass is 35.5. The summed E-state index contributed by atoms with van der Waals surface area (Å²) in [6, 6.07) is 3.70. The van der Waals surface area contributed by atoms with E-state index in [1.807, 2.05) is 5.32 Å². The third-order valence-corrected chi connectivity index (χ3v) is 2.03. The second-order valence-corrected chi connectivity index (χ2v) is 3.26. The molecule has 0 saturated carbocycles. The monoisotopic (exact) mass is 248 g/mol. The Morgan fingerprint density at radius 3 is 2.50 bits per heavy atom. The van der Waals surface area contributed by atoms with E-state index < -0.39 is 18.2 Å². The van der Waals surface area contributed by atoms with Crippen molar-refractivity contribution >= 4 is 29.1 Å². The largest absolute Gasteiger partial charge is 0.366 e. The van der Waals surface area contributed by atoms with Gasteiger partial charge in [0.2, 0.25) is 5.91 Å². The fraction of sp³-hybridized carbons (Fsp3) is 0.111. The maximum absolute atomic E-state index is 11.9. The molecule has 3 N–H and O–H groups in total. The average molecular weight is 249 g/mol. The number of alkyl halides is 2. The lowest BCUT2D eigenvalue weighted by Gasteiger charge is -2.06. The Morgan fingerprint density at radius 1 is 1.38 bits per heavy atom. The summed E-state index contributed by atoms with van der Waals surface area (Å²) in [7, 11) is 0. The highest BCUT2D eigenvalue weighted by Gasteiger charge is 2.16. The van der Waals surface area contributed by atoms with Crippen LogP contribution >= 0.6 is 11.6 Å². The van der Waals surface area contributed by atoms with Crippen LogP contribution in [0.15, 0.2) is 18.2 Å². The number of carbonyl (C=O) groups is 2. The molecule has 1 rings (SSSR count). The van der Waals surface area contributed by atoms with Gasteiger partial charge in [-0.2, -0.15) is 8.78 Å². The summed E-state index contributed by atoms with van der Waals surface area (Å²) in [6.07, 6.45) is -3.13. The van der Waals surface area contributed by atoms with Crippen LogP contribution in [0.4, 0.5) is 14.5 Å². The van der Waals surface area contributed by atoms with Crippen molar-refractivity contribution in [1.82, 2.24) is 0 Å². The zero-order valence-electron chi connectivity index (χ0n) is 7.84. The minimum atomic E-state index is -3.13. The van der Waals surface area contributed by atoms with Crippen LogP contribution in [0.1, 0.15) is 10.4 Å². The lowest BCUT2D eigenvalue weighted by atomic mass is 10.2. The summed E-state index contributed by atoms with van der Waals surface area (Å²) in [5.41, 5.74) is 4.97. The molecule has 0 aliphatic carbocycles. The van der Waals surface area contributed by atoms with Gasteiger partial charge in [0.25, 0.3) is 5.91 Å². The maximum Gasteiger partial charge on any atom is 0.315 e.